The second kappa shape index (κ2) is 9.91. The van der Waals surface area contributed by atoms with Crippen LogP contribution < -0.4 is 11.1 Å². The number of nitrogens with zero attached hydrogens (tertiary/aromatic N) is 3. The second-order valence-electron chi connectivity index (χ2n) is 5.62. The van der Waals surface area contributed by atoms with Gasteiger partial charge in [-0.15, -0.1) is 0 Å². The summed E-state index contributed by atoms with van der Waals surface area (Å²) in [5.74, 6) is 1.81. The molecule has 3 rings (SSSR count). The van der Waals surface area contributed by atoms with Gasteiger partial charge in [0.2, 0.25) is 11.9 Å². The topological polar surface area (TPSA) is 103 Å². The predicted molar refractivity (Wildman–Crippen MR) is 112 cm³/mol. The zero-order chi connectivity index (χ0) is 19.8. The van der Waals surface area contributed by atoms with E-state index in [2.05, 4.69) is 20.3 Å². The van der Waals surface area contributed by atoms with Gasteiger partial charge in [0, 0.05) is 16.5 Å². The number of benzene rings is 2. The van der Waals surface area contributed by atoms with E-state index in [0.717, 1.165) is 5.69 Å². The van der Waals surface area contributed by atoms with E-state index in [4.69, 9.17) is 22.1 Å². The van der Waals surface area contributed by atoms with E-state index in [9.17, 15) is 4.79 Å². The number of halogens is 1. The Hall–Kier alpha value is -2.84. The number of rotatable bonds is 8. The van der Waals surface area contributed by atoms with Gasteiger partial charge in [0.25, 0.3) is 0 Å². The van der Waals surface area contributed by atoms with Crippen molar-refractivity contribution in [3.05, 3.63) is 71.0 Å². The van der Waals surface area contributed by atoms with Gasteiger partial charge >= 0.3 is 5.97 Å². The van der Waals surface area contributed by atoms with Gasteiger partial charge in [-0.1, -0.05) is 35.9 Å². The minimum atomic E-state index is -0.401. The monoisotopic (exact) mass is 415 g/mol. The van der Waals surface area contributed by atoms with Crippen molar-refractivity contribution >= 4 is 46.9 Å². The largest absolute Gasteiger partial charge is 0.461 e. The normalized spacial score (nSPS) is 10.5. The predicted octanol–water partition coefficient (Wildman–Crippen LogP) is 3.94. The number of nitrogens with two attached hydrogens (primary N) is 1. The Bertz CT molecular complexity index is 943. The summed E-state index contributed by atoms with van der Waals surface area (Å²) in [6, 6.07) is 16.2. The van der Waals surface area contributed by atoms with E-state index in [0.29, 0.717) is 33.9 Å². The number of hydrogen-bond acceptors (Lipinski definition) is 8. The highest BCUT2D eigenvalue weighted by Gasteiger charge is 2.08. The van der Waals surface area contributed by atoms with Crippen LogP contribution in [0.1, 0.15) is 16.2 Å². The summed E-state index contributed by atoms with van der Waals surface area (Å²) in [6.07, 6.45) is 0. The smallest absolute Gasteiger partial charge is 0.338 e. The quantitative estimate of drug-likeness (QED) is 0.421. The molecule has 0 aliphatic heterocycles. The first-order valence-corrected chi connectivity index (χ1v) is 9.96. The zero-order valence-electron chi connectivity index (χ0n) is 14.8. The van der Waals surface area contributed by atoms with E-state index in [1.807, 2.05) is 30.3 Å². The van der Waals surface area contributed by atoms with Gasteiger partial charge in [0.05, 0.1) is 11.3 Å². The molecule has 0 amide bonds. The summed E-state index contributed by atoms with van der Waals surface area (Å²) in [4.78, 5) is 24.5. The third kappa shape index (κ3) is 6.11. The molecule has 0 spiro atoms. The van der Waals surface area contributed by atoms with Gasteiger partial charge in [-0.05, 0) is 30.3 Å². The molecule has 1 heterocycles. The second-order valence-corrected chi connectivity index (χ2v) is 7.16. The summed E-state index contributed by atoms with van der Waals surface area (Å²) in [6.45, 7) is 0.270. The third-order valence-electron chi connectivity index (χ3n) is 3.48. The van der Waals surface area contributed by atoms with E-state index < -0.39 is 5.97 Å². The molecule has 0 aliphatic carbocycles. The lowest BCUT2D eigenvalue weighted by Crippen LogP contribution is -2.09. The summed E-state index contributed by atoms with van der Waals surface area (Å²) >= 11 is 7.40. The molecule has 3 aromatic rings. The number of thioether (sulfide) groups is 1. The summed E-state index contributed by atoms with van der Waals surface area (Å²) in [7, 11) is 0. The molecule has 28 heavy (non-hydrogen) atoms. The van der Waals surface area contributed by atoms with Gasteiger partial charge in [-0.3, -0.25) is 0 Å². The number of ether oxygens (including phenoxy) is 1. The lowest BCUT2D eigenvalue weighted by molar-refractivity contribution is 0.0530. The fourth-order valence-corrected chi connectivity index (χ4v) is 3.11. The number of carbonyl (C=O) groups is 1. The molecule has 7 nitrogen and oxygen atoms in total. The van der Waals surface area contributed by atoms with Crippen LogP contribution in [0.4, 0.5) is 17.6 Å². The van der Waals surface area contributed by atoms with Crippen LogP contribution in [0.15, 0.2) is 54.6 Å². The number of carbonyl (C=O) groups excluding carboxylic acids is 1. The first-order valence-electron chi connectivity index (χ1n) is 8.43. The van der Waals surface area contributed by atoms with Crippen LogP contribution in [0.2, 0.25) is 5.02 Å². The Kier molecular flexibility index (Phi) is 7.05. The van der Waals surface area contributed by atoms with Crippen molar-refractivity contribution in [2.24, 2.45) is 0 Å². The Balaban J connectivity index is 1.46. The van der Waals surface area contributed by atoms with E-state index in [1.54, 1.807) is 24.3 Å². The molecule has 0 radical (unpaired) electrons. The van der Waals surface area contributed by atoms with Crippen molar-refractivity contribution in [2.45, 2.75) is 5.75 Å². The Labute approximate surface area is 171 Å². The van der Waals surface area contributed by atoms with E-state index >= 15 is 0 Å². The third-order valence-corrected chi connectivity index (χ3v) is 4.63. The Morgan fingerprint density at radius 1 is 1.11 bits per heavy atom. The molecular formula is C19H18ClN5O2S. The molecule has 0 saturated heterocycles. The van der Waals surface area contributed by atoms with Crippen LogP contribution in [0.25, 0.3) is 0 Å². The lowest BCUT2D eigenvalue weighted by Gasteiger charge is -2.08. The van der Waals surface area contributed by atoms with Crippen LogP contribution in [0.5, 0.6) is 0 Å². The highest BCUT2D eigenvalue weighted by Crippen LogP contribution is 2.16. The average molecular weight is 416 g/mol. The Morgan fingerprint density at radius 3 is 2.71 bits per heavy atom. The number of anilines is 3. The molecule has 0 aliphatic rings. The first kappa shape index (κ1) is 19.9. The molecule has 144 valence electrons. The maximum Gasteiger partial charge on any atom is 0.338 e. The average Bonchev–Trinajstić information content (AvgIpc) is 2.68. The molecule has 0 unspecified atom stereocenters. The van der Waals surface area contributed by atoms with Crippen LogP contribution >= 0.6 is 23.4 Å². The van der Waals surface area contributed by atoms with Gasteiger partial charge in [0.15, 0.2) is 0 Å². The van der Waals surface area contributed by atoms with Crippen molar-refractivity contribution in [3.8, 4) is 0 Å². The van der Waals surface area contributed by atoms with Crippen molar-refractivity contribution in [3.63, 3.8) is 0 Å². The number of para-hydroxylation sites is 1. The summed E-state index contributed by atoms with van der Waals surface area (Å²) < 4.78 is 5.24. The van der Waals surface area contributed by atoms with Crippen molar-refractivity contribution in [1.29, 1.82) is 0 Å². The van der Waals surface area contributed by atoms with Crippen LogP contribution in [-0.2, 0) is 10.5 Å². The Morgan fingerprint density at radius 2 is 1.93 bits per heavy atom. The summed E-state index contributed by atoms with van der Waals surface area (Å²) in [5, 5.41) is 3.59. The van der Waals surface area contributed by atoms with Crippen LogP contribution in [0.3, 0.4) is 0 Å². The molecule has 3 N–H and O–H groups in total. The zero-order valence-corrected chi connectivity index (χ0v) is 16.4. The van der Waals surface area contributed by atoms with Gasteiger partial charge in [0.1, 0.15) is 12.4 Å². The molecular weight excluding hydrogens is 398 g/mol. The van der Waals surface area contributed by atoms with E-state index in [1.165, 1.54) is 11.8 Å². The molecule has 9 heteroatoms. The van der Waals surface area contributed by atoms with E-state index in [-0.39, 0.29) is 12.6 Å². The fourth-order valence-electron chi connectivity index (χ4n) is 2.26. The molecule has 0 atom stereocenters. The molecule has 0 bridgehead atoms. The molecule has 1 aromatic heterocycles. The van der Waals surface area contributed by atoms with Crippen LogP contribution in [0, 0.1) is 0 Å². The number of esters is 1. The minimum Gasteiger partial charge on any atom is -0.461 e. The maximum atomic E-state index is 11.9. The molecule has 2 aromatic carbocycles. The van der Waals surface area contributed by atoms with Gasteiger partial charge in [-0.25, -0.2) is 4.79 Å². The molecule has 0 saturated carbocycles. The number of nitrogen functional groups attached to an aromatic ring is 1. The number of aromatic nitrogens is 3. The maximum absolute atomic E-state index is 11.9. The highest BCUT2D eigenvalue weighted by atomic mass is 35.5. The van der Waals surface area contributed by atoms with Crippen molar-refractivity contribution in [1.82, 2.24) is 15.0 Å². The SMILES string of the molecule is Nc1nc(CSCCOC(=O)c2cccc(Cl)c2)nc(Nc2ccccc2)n1. The van der Waals surface area contributed by atoms with Gasteiger partial charge < -0.3 is 15.8 Å². The number of hydrogen-bond donors (Lipinski definition) is 2. The molecule has 0 fully saturated rings. The fraction of sp³-hybridized carbons (Fsp3) is 0.158. The standard InChI is InChI=1S/C19H18ClN5O2S/c20-14-6-4-5-13(11-14)17(26)27-9-10-28-12-16-23-18(21)25-19(24-16)22-15-7-2-1-3-8-15/h1-8,11H,9-10,12H2,(H3,21,22,23,24,25). The minimum absolute atomic E-state index is 0.149. The van der Waals surface area contributed by atoms with Crippen molar-refractivity contribution in [2.75, 3.05) is 23.4 Å². The first-order chi connectivity index (χ1) is 13.6. The number of nitrogens with one attached hydrogen (secondary N) is 1. The van der Waals surface area contributed by atoms with Crippen molar-refractivity contribution < 1.29 is 9.53 Å². The van der Waals surface area contributed by atoms with Crippen LogP contribution in [-0.4, -0.2) is 33.3 Å². The highest BCUT2D eigenvalue weighted by molar-refractivity contribution is 7.98. The van der Waals surface area contributed by atoms with Gasteiger partial charge in [-0.2, -0.15) is 26.7 Å². The summed E-state index contributed by atoms with van der Waals surface area (Å²) in [5.41, 5.74) is 7.06. The lowest BCUT2D eigenvalue weighted by atomic mass is 10.2.